The molecule has 0 spiro atoms. The Morgan fingerprint density at radius 1 is 1.06 bits per heavy atom. The number of piperidine rings is 1. The zero-order valence-corrected chi connectivity index (χ0v) is 10.9. The van der Waals surface area contributed by atoms with Crippen LogP contribution in [-0.4, -0.2) is 28.9 Å². The molecule has 3 heteroatoms. The van der Waals surface area contributed by atoms with E-state index < -0.39 is 0 Å². The maximum absolute atomic E-state index is 12.4. The first-order valence-corrected chi connectivity index (χ1v) is 6.84. The van der Waals surface area contributed by atoms with Crippen LogP contribution in [0.1, 0.15) is 30.9 Å². The van der Waals surface area contributed by atoms with Crippen LogP contribution in [-0.2, 0) is 13.1 Å². The Hall–Kier alpha value is -1.51. The van der Waals surface area contributed by atoms with Gasteiger partial charge in [-0.1, -0.05) is 31.2 Å². The van der Waals surface area contributed by atoms with E-state index in [4.69, 9.17) is 0 Å². The van der Waals surface area contributed by atoms with Gasteiger partial charge in [0.15, 0.2) is 0 Å². The molecule has 0 N–H and O–H groups in total. The highest BCUT2D eigenvalue weighted by Crippen LogP contribution is 2.25. The van der Waals surface area contributed by atoms with E-state index in [0.29, 0.717) is 0 Å². The zero-order chi connectivity index (χ0) is 12.5. The Kier molecular flexibility index (Phi) is 2.98. The number of carbonyl (C=O) groups excluding carboxylic acids is 1. The molecule has 2 aliphatic rings. The first-order chi connectivity index (χ1) is 8.74. The standard InChI is InChI=1S/C15H20N2O/c1-12-6-8-16(9-7-12)15(18)17-10-13-4-2-3-5-14(13)11-17/h2-5,12H,6-11H2,1H3. The molecule has 96 valence electrons. The average molecular weight is 244 g/mol. The number of rotatable bonds is 0. The molecule has 3 nitrogen and oxygen atoms in total. The van der Waals surface area contributed by atoms with Crippen molar-refractivity contribution in [2.45, 2.75) is 32.9 Å². The van der Waals surface area contributed by atoms with Gasteiger partial charge in [0.05, 0.1) is 0 Å². The summed E-state index contributed by atoms with van der Waals surface area (Å²) in [5, 5.41) is 0. The van der Waals surface area contributed by atoms with Crippen LogP contribution < -0.4 is 0 Å². The fourth-order valence-corrected chi connectivity index (χ4v) is 2.87. The SMILES string of the molecule is CC1CCN(C(=O)N2Cc3ccccc3C2)CC1. The van der Waals surface area contributed by atoms with E-state index in [1.54, 1.807) is 0 Å². The molecule has 0 saturated carbocycles. The molecule has 1 aromatic carbocycles. The summed E-state index contributed by atoms with van der Waals surface area (Å²) in [6, 6.07) is 8.57. The minimum atomic E-state index is 0.220. The lowest BCUT2D eigenvalue weighted by Gasteiger charge is -2.33. The molecule has 0 unspecified atom stereocenters. The molecule has 2 heterocycles. The number of fused-ring (bicyclic) bond motifs is 1. The second-order valence-electron chi connectivity index (χ2n) is 5.58. The van der Waals surface area contributed by atoms with Crippen molar-refractivity contribution in [2.24, 2.45) is 5.92 Å². The van der Waals surface area contributed by atoms with Crippen LogP contribution in [0, 0.1) is 5.92 Å². The number of amides is 2. The summed E-state index contributed by atoms with van der Waals surface area (Å²) in [5.41, 5.74) is 2.60. The van der Waals surface area contributed by atoms with Gasteiger partial charge in [0, 0.05) is 26.2 Å². The summed E-state index contributed by atoms with van der Waals surface area (Å²) in [6.45, 7) is 5.68. The lowest BCUT2D eigenvalue weighted by molar-refractivity contribution is 0.134. The number of nitrogens with zero attached hydrogens (tertiary/aromatic N) is 2. The Balaban J connectivity index is 1.65. The van der Waals surface area contributed by atoms with Gasteiger partial charge in [-0.05, 0) is 29.9 Å². The Bertz CT molecular complexity index is 425. The highest BCUT2D eigenvalue weighted by Gasteiger charge is 2.28. The highest BCUT2D eigenvalue weighted by atomic mass is 16.2. The first kappa shape index (κ1) is 11.6. The van der Waals surface area contributed by atoms with E-state index in [1.807, 2.05) is 9.80 Å². The van der Waals surface area contributed by atoms with Crippen LogP contribution >= 0.6 is 0 Å². The molecule has 0 atom stereocenters. The van der Waals surface area contributed by atoms with Crippen molar-refractivity contribution < 1.29 is 4.79 Å². The number of hydrogen-bond donors (Lipinski definition) is 0. The van der Waals surface area contributed by atoms with Gasteiger partial charge in [0.25, 0.3) is 0 Å². The molecule has 2 amide bonds. The maximum Gasteiger partial charge on any atom is 0.320 e. The Morgan fingerprint density at radius 3 is 2.17 bits per heavy atom. The van der Waals surface area contributed by atoms with Crippen LogP contribution in [0.2, 0.25) is 0 Å². The summed E-state index contributed by atoms with van der Waals surface area (Å²) in [5.74, 6) is 0.768. The average Bonchev–Trinajstić information content (AvgIpc) is 2.82. The fourth-order valence-electron chi connectivity index (χ4n) is 2.87. The first-order valence-electron chi connectivity index (χ1n) is 6.84. The summed E-state index contributed by atoms with van der Waals surface area (Å²) in [6.07, 6.45) is 2.29. The van der Waals surface area contributed by atoms with Gasteiger partial charge < -0.3 is 9.80 Å². The zero-order valence-electron chi connectivity index (χ0n) is 10.9. The summed E-state index contributed by atoms with van der Waals surface area (Å²) < 4.78 is 0. The molecular weight excluding hydrogens is 224 g/mol. The molecule has 0 aromatic heterocycles. The fraction of sp³-hybridized carbons (Fsp3) is 0.533. The summed E-state index contributed by atoms with van der Waals surface area (Å²) >= 11 is 0. The molecule has 0 bridgehead atoms. The van der Waals surface area contributed by atoms with Gasteiger partial charge in [-0.2, -0.15) is 0 Å². The van der Waals surface area contributed by atoms with Gasteiger partial charge in [-0.15, -0.1) is 0 Å². The van der Waals surface area contributed by atoms with Crippen LogP contribution in [0.25, 0.3) is 0 Å². The van der Waals surface area contributed by atoms with Gasteiger partial charge in [-0.25, -0.2) is 4.79 Å². The molecular formula is C15H20N2O. The molecule has 3 rings (SSSR count). The van der Waals surface area contributed by atoms with E-state index >= 15 is 0 Å². The number of benzene rings is 1. The molecule has 1 aromatic rings. The van der Waals surface area contributed by atoms with Crippen molar-refractivity contribution in [3.8, 4) is 0 Å². The van der Waals surface area contributed by atoms with Crippen LogP contribution in [0.3, 0.4) is 0 Å². The summed E-state index contributed by atoms with van der Waals surface area (Å²) in [7, 11) is 0. The van der Waals surface area contributed by atoms with E-state index in [-0.39, 0.29) is 6.03 Å². The normalized spacial score (nSPS) is 20.1. The van der Waals surface area contributed by atoms with Crippen molar-refractivity contribution in [3.05, 3.63) is 35.4 Å². The van der Waals surface area contributed by atoms with Gasteiger partial charge in [-0.3, -0.25) is 0 Å². The molecule has 0 aliphatic carbocycles. The second-order valence-corrected chi connectivity index (χ2v) is 5.58. The predicted molar refractivity (Wildman–Crippen MR) is 71.1 cm³/mol. The minimum absolute atomic E-state index is 0.220. The number of urea groups is 1. The highest BCUT2D eigenvalue weighted by molar-refractivity contribution is 5.75. The smallest absolute Gasteiger partial charge is 0.320 e. The van der Waals surface area contributed by atoms with Crippen molar-refractivity contribution in [1.29, 1.82) is 0 Å². The summed E-state index contributed by atoms with van der Waals surface area (Å²) in [4.78, 5) is 16.4. The van der Waals surface area contributed by atoms with Crippen molar-refractivity contribution in [1.82, 2.24) is 9.80 Å². The minimum Gasteiger partial charge on any atom is -0.325 e. The predicted octanol–water partition coefficient (Wildman–Crippen LogP) is 2.85. The van der Waals surface area contributed by atoms with Crippen LogP contribution in [0.4, 0.5) is 4.79 Å². The Labute approximate surface area is 108 Å². The molecule has 18 heavy (non-hydrogen) atoms. The second kappa shape index (κ2) is 4.63. The van der Waals surface area contributed by atoms with Crippen molar-refractivity contribution in [2.75, 3.05) is 13.1 Å². The van der Waals surface area contributed by atoms with Crippen LogP contribution in [0.5, 0.6) is 0 Å². The van der Waals surface area contributed by atoms with E-state index in [2.05, 4.69) is 31.2 Å². The van der Waals surface area contributed by atoms with Gasteiger partial charge in [0.1, 0.15) is 0 Å². The third-order valence-corrected chi connectivity index (χ3v) is 4.17. The van der Waals surface area contributed by atoms with Crippen molar-refractivity contribution in [3.63, 3.8) is 0 Å². The topological polar surface area (TPSA) is 23.6 Å². The van der Waals surface area contributed by atoms with Gasteiger partial charge in [0.2, 0.25) is 0 Å². The van der Waals surface area contributed by atoms with Crippen molar-refractivity contribution >= 4 is 6.03 Å². The molecule has 1 saturated heterocycles. The number of hydrogen-bond acceptors (Lipinski definition) is 1. The van der Waals surface area contributed by atoms with E-state index in [0.717, 1.165) is 44.9 Å². The number of carbonyl (C=O) groups is 1. The molecule has 2 aliphatic heterocycles. The largest absolute Gasteiger partial charge is 0.325 e. The molecule has 0 radical (unpaired) electrons. The monoisotopic (exact) mass is 244 g/mol. The van der Waals surface area contributed by atoms with Crippen LogP contribution in [0.15, 0.2) is 24.3 Å². The van der Waals surface area contributed by atoms with E-state index in [9.17, 15) is 4.79 Å². The quantitative estimate of drug-likeness (QED) is 0.688. The number of likely N-dealkylation sites (tertiary alicyclic amines) is 1. The van der Waals surface area contributed by atoms with E-state index in [1.165, 1.54) is 11.1 Å². The lowest BCUT2D eigenvalue weighted by atomic mass is 10.00. The third-order valence-electron chi connectivity index (χ3n) is 4.17. The molecule has 1 fully saturated rings. The van der Waals surface area contributed by atoms with Gasteiger partial charge >= 0.3 is 6.03 Å². The Morgan fingerprint density at radius 2 is 1.61 bits per heavy atom. The lowest BCUT2D eigenvalue weighted by Crippen LogP contribution is -2.44. The maximum atomic E-state index is 12.4. The third kappa shape index (κ3) is 2.09.